The third kappa shape index (κ3) is 6.77. The fourth-order valence-electron chi connectivity index (χ4n) is 3.39. The third-order valence-electron chi connectivity index (χ3n) is 5.16. The van der Waals surface area contributed by atoms with Crippen molar-refractivity contribution in [1.82, 2.24) is 10.6 Å². The number of amides is 2. The molecule has 3 aromatic rings. The van der Waals surface area contributed by atoms with Crippen molar-refractivity contribution in [2.45, 2.75) is 25.9 Å². The maximum atomic E-state index is 12.7. The second kappa shape index (κ2) is 11.6. The summed E-state index contributed by atoms with van der Waals surface area (Å²) in [5.74, 6) is -1.67. The van der Waals surface area contributed by atoms with E-state index < -0.39 is 24.5 Å². The predicted octanol–water partition coefficient (Wildman–Crippen LogP) is 3.89. The Labute approximate surface area is 194 Å². The van der Waals surface area contributed by atoms with E-state index in [1.54, 1.807) is 38.1 Å². The maximum Gasteiger partial charge on any atom is 0.329 e. The standard InChI is InChI=1S/C27H28N2O4/c1-19(2)24(29-26(31)22-16-10-5-11-17-22)27(32)33-18-23(30)28-25(20-12-6-3-7-13-20)21-14-8-4-9-15-21/h3-17,19,24-25H,18H2,1-2H3,(H,28,30)(H,29,31). The van der Waals surface area contributed by atoms with Crippen LogP contribution in [-0.2, 0) is 14.3 Å². The number of hydrogen-bond acceptors (Lipinski definition) is 4. The molecule has 0 saturated heterocycles. The quantitative estimate of drug-likeness (QED) is 0.491. The van der Waals surface area contributed by atoms with Gasteiger partial charge in [0.05, 0.1) is 6.04 Å². The van der Waals surface area contributed by atoms with Gasteiger partial charge in [-0.1, -0.05) is 92.7 Å². The molecule has 2 amide bonds. The van der Waals surface area contributed by atoms with Crippen LogP contribution in [0.25, 0.3) is 0 Å². The zero-order chi connectivity index (χ0) is 23.6. The van der Waals surface area contributed by atoms with Crippen LogP contribution >= 0.6 is 0 Å². The molecule has 0 aliphatic heterocycles. The topological polar surface area (TPSA) is 84.5 Å². The van der Waals surface area contributed by atoms with Crippen molar-refractivity contribution in [2.24, 2.45) is 5.92 Å². The van der Waals surface area contributed by atoms with E-state index >= 15 is 0 Å². The number of carbonyl (C=O) groups is 3. The normalized spacial score (nSPS) is 11.6. The Kier molecular flexibility index (Phi) is 8.36. The van der Waals surface area contributed by atoms with Crippen molar-refractivity contribution in [3.8, 4) is 0 Å². The molecule has 170 valence electrons. The van der Waals surface area contributed by atoms with Crippen LogP contribution in [0.5, 0.6) is 0 Å². The van der Waals surface area contributed by atoms with Crippen LogP contribution in [0.1, 0.15) is 41.4 Å². The molecule has 0 aliphatic carbocycles. The lowest BCUT2D eigenvalue weighted by Crippen LogP contribution is -2.46. The van der Waals surface area contributed by atoms with E-state index in [4.69, 9.17) is 4.74 Å². The zero-order valence-electron chi connectivity index (χ0n) is 18.7. The van der Waals surface area contributed by atoms with E-state index in [0.717, 1.165) is 11.1 Å². The van der Waals surface area contributed by atoms with Gasteiger partial charge in [-0.3, -0.25) is 9.59 Å². The minimum Gasteiger partial charge on any atom is -0.454 e. The summed E-state index contributed by atoms with van der Waals surface area (Å²) in [6.45, 7) is 3.16. The molecule has 3 aromatic carbocycles. The summed E-state index contributed by atoms with van der Waals surface area (Å²) in [6, 6.07) is 26.5. The van der Waals surface area contributed by atoms with Gasteiger partial charge in [-0.25, -0.2) is 4.79 Å². The molecule has 1 atom stereocenters. The van der Waals surface area contributed by atoms with E-state index in [-0.39, 0.29) is 17.9 Å². The van der Waals surface area contributed by atoms with E-state index in [9.17, 15) is 14.4 Å². The van der Waals surface area contributed by atoms with Crippen LogP contribution in [-0.4, -0.2) is 30.4 Å². The molecule has 2 N–H and O–H groups in total. The van der Waals surface area contributed by atoms with Gasteiger partial charge in [-0.15, -0.1) is 0 Å². The molecule has 3 rings (SSSR count). The van der Waals surface area contributed by atoms with Crippen molar-refractivity contribution < 1.29 is 19.1 Å². The van der Waals surface area contributed by atoms with Gasteiger partial charge < -0.3 is 15.4 Å². The van der Waals surface area contributed by atoms with Gasteiger partial charge in [0.25, 0.3) is 11.8 Å². The van der Waals surface area contributed by atoms with E-state index in [1.807, 2.05) is 66.7 Å². The highest BCUT2D eigenvalue weighted by Gasteiger charge is 2.27. The molecule has 0 fully saturated rings. The Morgan fingerprint density at radius 2 is 1.21 bits per heavy atom. The van der Waals surface area contributed by atoms with E-state index in [1.165, 1.54) is 0 Å². The van der Waals surface area contributed by atoms with Crippen molar-refractivity contribution in [1.29, 1.82) is 0 Å². The summed E-state index contributed by atoms with van der Waals surface area (Å²) in [5, 5.41) is 5.64. The molecule has 0 spiro atoms. The maximum absolute atomic E-state index is 12.7. The summed E-state index contributed by atoms with van der Waals surface area (Å²) in [6.07, 6.45) is 0. The summed E-state index contributed by atoms with van der Waals surface area (Å²) in [5.41, 5.74) is 2.28. The number of ether oxygens (including phenoxy) is 1. The molecule has 0 heterocycles. The van der Waals surface area contributed by atoms with Crippen molar-refractivity contribution >= 4 is 17.8 Å². The fraction of sp³-hybridized carbons (Fsp3) is 0.222. The van der Waals surface area contributed by atoms with Gasteiger partial charge in [-0.05, 0) is 29.2 Å². The Morgan fingerprint density at radius 1 is 0.727 bits per heavy atom. The third-order valence-corrected chi connectivity index (χ3v) is 5.16. The molecular weight excluding hydrogens is 416 g/mol. The molecule has 33 heavy (non-hydrogen) atoms. The van der Waals surface area contributed by atoms with Gasteiger partial charge in [0.15, 0.2) is 6.61 Å². The predicted molar refractivity (Wildman–Crippen MR) is 126 cm³/mol. The van der Waals surface area contributed by atoms with Crippen LogP contribution in [0.15, 0.2) is 91.0 Å². The minimum absolute atomic E-state index is 0.213. The van der Waals surface area contributed by atoms with Gasteiger partial charge in [0, 0.05) is 5.56 Å². The molecule has 6 heteroatoms. The van der Waals surface area contributed by atoms with Gasteiger partial charge in [0.2, 0.25) is 0 Å². The van der Waals surface area contributed by atoms with E-state index in [2.05, 4.69) is 10.6 Å². The van der Waals surface area contributed by atoms with Gasteiger partial charge in [-0.2, -0.15) is 0 Å². The molecular formula is C27H28N2O4. The number of nitrogens with one attached hydrogen (secondary N) is 2. The molecule has 0 radical (unpaired) electrons. The Morgan fingerprint density at radius 3 is 1.70 bits per heavy atom. The first-order valence-electron chi connectivity index (χ1n) is 10.9. The number of hydrogen-bond donors (Lipinski definition) is 2. The highest BCUT2D eigenvalue weighted by molar-refractivity contribution is 5.97. The van der Waals surface area contributed by atoms with Crippen molar-refractivity contribution in [3.63, 3.8) is 0 Å². The SMILES string of the molecule is CC(C)C(NC(=O)c1ccccc1)C(=O)OCC(=O)NC(c1ccccc1)c1ccccc1. The average molecular weight is 445 g/mol. The largest absolute Gasteiger partial charge is 0.454 e. The summed E-state index contributed by atoms with van der Waals surface area (Å²) in [7, 11) is 0. The van der Waals surface area contributed by atoms with Crippen molar-refractivity contribution in [2.75, 3.05) is 6.61 Å². The van der Waals surface area contributed by atoms with Gasteiger partial charge in [0.1, 0.15) is 6.04 Å². The lowest BCUT2D eigenvalue weighted by atomic mass is 9.99. The first-order chi connectivity index (χ1) is 16.0. The minimum atomic E-state index is -0.871. The summed E-state index contributed by atoms with van der Waals surface area (Å²) < 4.78 is 5.27. The molecule has 0 aromatic heterocycles. The number of benzene rings is 3. The Hall–Kier alpha value is -3.93. The zero-order valence-corrected chi connectivity index (χ0v) is 18.7. The summed E-state index contributed by atoms with van der Waals surface area (Å²) in [4.78, 5) is 37.8. The summed E-state index contributed by atoms with van der Waals surface area (Å²) >= 11 is 0. The van der Waals surface area contributed by atoms with Crippen LogP contribution in [0.2, 0.25) is 0 Å². The average Bonchev–Trinajstić information content (AvgIpc) is 2.85. The lowest BCUT2D eigenvalue weighted by Gasteiger charge is -2.22. The first kappa shape index (κ1) is 23.7. The van der Waals surface area contributed by atoms with Crippen molar-refractivity contribution in [3.05, 3.63) is 108 Å². The lowest BCUT2D eigenvalue weighted by molar-refractivity contribution is -0.151. The number of rotatable bonds is 9. The fourth-order valence-corrected chi connectivity index (χ4v) is 3.39. The highest BCUT2D eigenvalue weighted by Crippen LogP contribution is 2.21. The second-order valence-corrected chi connectivity index (χ2v) is 7.99. The number of carbonyl (C=O) groups excluding carboxylic acids is 3. The van der Waals surface area contributed by atoms with Gasteiger partial charge >= 0.3 is 5.97 Å². The van der Waals surface area contributed by atoms with Crippen LogP contribution < -0.4 is 10.6 Å². The first-order valence-corrected chi connectivity index (χ1v) is 10.9. The Balaban J connectivity index is 1.62. The Bertz CT molecular complexity index is 1010. The van der Waals surface area contributed by atoms with E-state index in [0.29, 0.717) is 5.56 Å². The molecule has 6 nitrogen and oxygen atoms in total. The van der Waals surface area contributed by atoms with Crippen LogP contribution in [0.3, 0.4) is 0 Å². The molecule has 0 saturated carbocycles. The highest BCUT2D eigenvalue weighted by atomic mass is 16.5. The molecule has 1 unspecified atom stereocenters. The van der Waals surface area contributed by atoms with Crippen LogP contribution in [0.4, 0.5) is 0 Å². The number of esters is 1. The second-order valence-electron chi connectivity index (χ2n) is 7.99. The van der Waals surface area contributed by atoms with Crippen LogP contribution in [0, 0.1) is 5.92 Å². The monoisotopic (exact) mass is 444 g/mol. The smallest absolute Gasteiger partial charge is 0.329 e. The molecule has 0 aliphatic rings. The molecule has 0 bridgehead atoms.